The second-order valence-electron chi connectivity index (χ2n) is 8.30. The van der Waals surface area contributed by atoms with Gasteiger partial charge in [0.2, 0.25) is 0 Å². The number of pyridine rings is 1. The Kier molecular flexibility index (Phi) is 5.64. The Bertz CT molecular complexity index is 1040. The Hall–Kier alpha value is -2.86. The van der Waals surface area contributed by atoms with E-state index in [1.165, 1.54) is 37.8 Å². The molecule has 0 spiro atoms. The van der Waals surface area contributed by atoms with E-state index in [-0.39, 0.29) is 12.1 Å². The topological polar surface area (TPSA) is 42.3 Å². The van der Waals surface area contributed by atoms with Crippen molar-refractivity contribution in [3.63, 3.8) is 0 Å². The normalized spacial score (nSPS) is 21.8. The number of benzene rings is 1. The number of nitrogens with one attached hydrogen (secondary N) is 1. The van der Waals surface area contributed by atoms with Crippen LogP contribution in [0.25, 0.3) is 0 Å². The third kappa shape index (κ3) is 3.69. The number of nitrogens with zero attached hydrogens (tertiary/aromatic N) is 3. The van der Waals surface area contributed by atoms with E-state index in [4.69, 9.17) is 17.0 Å². The molecule has 0 radical (unpaired) electrons. The third-order valence-electron chi connectivity index (χ3n) is 6.53. The number of para-hydroxylation sites is 2. The smallest absolute Gasteiger partial charge is 0.174 e. The highest BCUT2D eigenvalue weighted by Gasteiger charge is 2.43. The molecule has 1 aliphatic heterocycles. The zero-order valence-electron chi connectivity index (χ0n) is 17.8. The van der Waals surface area contributed by atoms with E-state index in [1.807, 2.05) is 36.5 Å². The molecule has 5 rings (SSSR count). The minimum absolute atomic E-state index is 0.0179. The lowest BCUT2D eigenvalue weighted by Crippen LogP contribution is -2.31. The summed E-state index contributed by atoms with van der Waals surface area (Å²) in [6.45, 7) is 0. The minimum atomic E-state index is -0.0455. The molecule has 3 aromatic rings. The maximum Gasteiger partial charge on any atom is 0.174 e. The largest absolute Gasteiger partial charge is 0.495 e. The zero-order chi connectivity index (χ0) is 21.2. The Morgan fingerprint density at radius 3 is 2.58 bits per heavy atom. The van der Waals surface area contributed by atoms with E-state index in [0.717, 1.165) is 17.1 Å². The number of rotatable bonds is 5. The van der Waals surface area contributed by atoms with Crippen LogP contribution < -0.4 is 15.0 Å². The maximum atomic E-state index is 5.88. The predicted octanol–water partition coefficient (Wildman–Crippen LogP) is 5.57. The van der Waals surface area contributed by atoms with Crippen molar-refractivity contribution in [2.75, 3.05) is 12.0 Å². The van der Waals surface area contributed by atoms with E-state index in [2.05, 4.69) is 50.2 Å². The van der Waals surface area contributed by atoms with Gasteiger partial charge < -0.3 is 19.5 Å². The monoisotopic (exact) mass is 432 g/mol. The van der Waals surface area contributed by atoms with Gasteiger partial charge in [-0.05, 0) is 61.5 Å². The van der Waals surface area contributed by atoms with Crippen LogP contribution in [0.3, 0.4) is 0 Å². The molecule has 6 heteroatoms. The first-order chi connectivity index (χ1) is 15.3. The summed E-state index contributed by atoms with van der Waals surface area (Å²) in [5.74, 6) is 0.814. The molecule has 2 aliphatic rings. The van der Waals surface area contributed by atoms with Crippen molar-refractivity contribution in [3.8, 4) is 5.75 Å². The average molecular weight is 433 g/mol. The van der Waals surface area contributed by atoms with Crippen molar-refractivity contribution in [1.82, 2.24) is 14.9 Å². The number of thiocarbonyl (C=S) groups is 1. The van der Waals surface area contributed by atoms with Gasteiger partial charge in [0.25, 0.3) is 0 Å². The van der Waals surface area contributed by atoms with Gasteiger partial charge >= 0.3 is 0 Å². The van der Waals surface area contributed by atoms with Gasteiger partial charge in [-0.25, -0.2) is 0 Å². The molecule has 3 heterocycles. The zero-order valence-corrected chi connectivity index (χ0v) is 18.6. The van der Waals surface area contributed by atoms with Gasteiger partial charge in [0.1, 0.15) is 11.8 Å². The van der Waals surface area contributed by atoms with Crippen LogP contribution in [0, 0.1) is 0 Å². The first kappa shape index (κ1) is 20.1. The van der Waals surface area contributed by atoms with Crippen LogP contribution in [-0.4, -0.2) is 21.8 Å². The first-order valence-corrected chi connectivity index (χ1v) is 11.5. The van der Waals surface area contributed by atoms with Gasteiger partial charge in [-0.1, -0.05) is 37.5 Å². The van der Waals surface area contributed by atoms with Gasteiger partial charge in [0.05, 0.1) is 24.5 Å². The fourth-order valence-corrected chi connectivity index (χ4v) is 5.43. The Labute approximate surface area is 189 Å². The number of methoxy groups -OCH3 is 1. The van der Waals surface area contributed by atoms with Gasteiger partial charge in [-0.3, -0.25) is 4.98 Å². The Morgan fingerprint density at radius 1 is 1.00 bits per heavy atom. The van der Waals surface area contributed by atoms with Crippen LogP contribution >= 0.6 is 12.2 Å². The Balaban J connectivity index is 1.63. The van der Waals surface area contributed by atoms with Crippen LogP contribution in [0.1, 0.15) is 61.6 Å². The molecule has 1 saturated carbocycles. The summed E-state index contributed by atoms with van der Waals surface area (Å²) >= 11 is 5.88. The summed E-state index contributed by atoms with van der Waals surface area (Å²) < 4.78 is 8.19. The second-order valence-corrected chi connectivity index (χ2v) is 8.69. The maximum absolute atomic E-state index is 5.88. The standard InChI is InChI=1S/C25H28N4OS/c1-30-22-15-6-5-13-20(22)29-24(23(27-25(29)31)19-12-7-8-16-26-19)21-14-9-17-28(21)18-10-3-2-4-11-18/h5-9,12-18,23-24H,2-4,10-11H2,1H3,(H,27,31). The summed E-state index contributed by atoms with van der Waals surface area (Å²) in [5, 5.41) is 4.26. The van der Waals surface area contributed by atoms with Crippen molar-refractivity contribution >= 4 is 23.0 Å². The van der Waals surface area contributed by atoms with Gasteiger partial charge in [-0.2, -0.15) is 0 Å². The van der Waals surface area contributed by atoms with Gasteiger partial charge in [-0.15, -0.1) is 0 Å². The summed E-state index contributed by atoms with van der Waals surface area (Å²) in [4.78, 5) is 6.89. The molecule has 1 aliphatic carbocycles. The molecule has 2 fully saturated rings. The van der Waals surface area contributed by atoms with Crippen molar-refractivity contribution in [2.24, 2.45) is 0 Å². The minimum Gasteiger partial charge on any atom is -0.495 e. The van der Waals surface area contributed by atoms with Crippen molar-refractivity contribution < 1.29 is 4.74 Å². The lowest BCUT2D eigenvalue weighted by molar-refractivity contribution is 0.339. The quantitative estimate of drug-likeness (QED) is 0.534. The molecule has 2 atom stereocenters. The molecular weight excluding hydrogens is 404 g/mol. The summed E-state index contributed by atoms with van der Waals surface area (Å²) in [5.41, 5.74) is 3.23. The SMILES string of the molecule is COc1ccccc1N1C(=S)NC(c2ccccn2)C1c1cccn1C1CCCCC1. The fourth-order valence-electron chi connectivity index (χ4n) is 5.09. The van der Waals surface area contributed by atoms with E-state index >= 15 is 0 Å². The molecule has 0 amide bonds. The summed E-state index contributed by atoms with van der Waals surface area (Å²) in [7, 11) is 1.71. The van der Waals surface area contributed by atoms with Crippen LogP contribution in [0.5, 0.6) is 5.75 Å². The van der Waals surface area contributed by atoms with Crippen LogP contribution in [0.4, 0.5) is 5.69 Å². The number of hydrogen-bond acceptors (Lipinski definition) is 3. The van der Waals surface area contributed by atoms with E-state index in [1.54, 1.807) is 7.11 Å². The van der Waals surface area contributed by atoms with Crippen molar-refractivity contribution in [2.45, 2.75) is 50.2 Å². The lowest BCUT2D eigenvalue weighted by atomic mass is 9.94. The van der Waals surface area contributed by atoms with Crippen molar-refractivity contribution in [3.05, 3.63) is 78.4 Å². The number of aromatic nitrogens is 2. The Morgan fingerprint density at radius 2 is 1.81 bits per heavy atom. The van der Waals surface area contributed by atoms with E-state index in [0.29, 0.717) is 11.2 Å². The third-order valence-corrected chi connectivity index (χ3v) is 6.84. The molecule has 2 unspecified atom stereocenters. The summed E-state index contributed by atoms with van der Waals surface area (Å²) in [6, 6.07) is 19.0. The van der Waals surface area contributed by atoms with Crippen molar-refractivity contribution in [1.29, 1.82) is 0 Å². The molecule has 1 saturated heterocycles. The molecular formula is C25H28N4OS. The van der Waals surface area contributed by atoms with Crippen LogP contribution in [0.2, 0.25) is 0 Å². The lowest BCUT2D eigenvalue weighted by Gasteiger charge is -2.33. The highest BCUT2D eigenvalue weighted by molar-refractivity contribution is 7.80. The van der Waals surface area contributed by atoms with Crippen LogP contribution in [-0.2, 0) is 0 Å². The molecule has 1 N–H and O–H groups in total. The number of hydrogen-bond donors (Lipinski definition) is 1. The molecule has 0 bridgehead atoms. The molecule has 1 aromatic carbocycles. The molecule has 5 nitrogen and oxygen atoms in total. The predicted molar refractivity (Wildman–Crippen MR) is 127 cm³/mol. The van der Waals surface area contributed by atoms with Crippen LogP contribution in [0.15, 0.2) is 67.0 Å². The molecule has 31 heavy (non-hydrogen) atoms. The van der Waals surface area contributed by atoms with E-state index in [9.17, 15) is 0 Å². The average Bonchev–Trinajstić information content (AvgIpc) is 3.44. The van der Waals surface area contributed by atoms with Gasteiger partial charge in [0, 0.05) is 24.1 Å². The van der Waals surface area contributed by atoms with Gasteiger partial charge in [0.15, 0.2) is 5.11 Å². The highest BCUT2D eigenvalue weighted by atomic mass is 32.1. The number of anilines is 1. The number of ether oxygens (including phenoxy) is 1. The first-order valence-electron chi connectivity index (χ1n) is 11.1. The molecule has 2 aromatic heterocycles. The highest BCUT2D eigenvalue weighted by Crippen LogP contribution is 2.45. The second kappa shape index (κ2) is 8.71. The summed E-state index contributed by atoms with van der Waals surface area (Å²) in [6.07, 6.45) is 10.5. The molecule has 160 valence electrons. The fraction of sp³-hybridized carbons (Fsp3) is 0.360. The van der Waals surface area contributed by atoms with E-state index < -0.39 is 0 Å².